The molecule has 4 aromatic heterocycles. The Balaban J connectivity index is 1.58. The van der Waals surface area contributed by atoms with Crippen molar-refractivity contribution in [3.8, 4) is 22.6 Å². The number of carbonyl (C=O) groups excluding carboxylic acids is 1. The fourth-order valence-electron chi connectivity index (χ4n) is 3.34. The molecule has 4 rings (SSSR count). The molecule has 4 heterocycles. The standard InChI is InChI=1S/C25H26N6O3/c1-18-8-9-20(19-6-5-10-26-16-19)28-23(18)25(32)29-22-17-31(12-13-34-15-14-33-2)30-24(22)21-7-3-4-11-27-21/h3-11,16-17H,12-15H2,1-2H3,(H,29,32). The first-order valence-corrected chi connectivity index (χ1v) is 10.9. The molecule has 0 aliphatic rings. The predicted octanol–water partition coefficient (Wildman–Crippen LogP) is 3.63. The number of carbonyl (C=O) groups is 1. The summed E-state index contributed by atoms with van der Waals surface area (Å²) in [6.07, 6.45) is 6.89. The fraction of sp³-hybridized carbons (Fsp3) is 0.240. The molecule has 0 atom stereocenters. The normalized spacial score (nSPS) is 10.9. The van der Waals surface area contributed by atoms with Crippen molar-refractivity contribution in [3.63, 3.8) is 0 Å². The third-order valence-electron chi connectivity index (χ3n) is 5.08. The summed E-state index contributed by atoms with van der Waals surface area (Å²) in [5.41, 5.74) is 4.41. The Labute approximate surface area is 197 Å². The number of methoxy groups -OCH3 is 1. The molecule has 0 unspecified atom stereocenters. The summed E-state index contributed by atoms with van der Waals surface area (Å²) in [6, 6.07) is 13.1. The highest BCUT2D eigenvalue weighted by atomic mass is 16.5. The van der Waals surface area contributed by atoms with E-state index in [4.69, 9.17) is 9.47 Å². The van der Waals surface area contributed by atoms with Crippen LogP contribution in [0.4, 0.5) is 5.69 Å². The highest BCUT2D eigenvalue weighted by molar-refractivity contribution is 6.05. The second-order valence-electron chi connectivity index (χ2n) is 7.53. The minimum atomic E-state index is -0.323. The van der Waals surface area contributed by atoms with Crippen LogP contribution >= 0.6 is 0 Å². The average Bonchev–Trinajstić information content (AvgIpc) is 3.27. The Bertz CT molecular complexity index is 1230. The third kappa shape index (κ3) is 5.69. The SMILES string of the molecule is COCCOCCn1cc(NC(=O)c2nc(-c3cccnc3)ccc2C)c(-c2ccccn2)n1. The first-order chi connectivity index (χ1) is 16.7. The van der Waals surface area contributed by atoms with Crippen LogP contribution in [-0.2, 0) is 16.0 Å². The molecule has 0 spiro atoms. The van der Waals surface area contributed by atoms with Crippen molar-refractivity contribution >= 4 is 11.6 Å². The highest BCUT2D eigenvalue weighted by Crippen LogP contribution is 2.26. The number of ether oxygens (including phenoxy) is 2. The van der Waals surface area contributed by atoms with Crippen LogP contribution in [0.25, 0.3) is 22.6 Å². The maximum absolute atomic E-state index is 13.3. The Hall–Kier alpha value is -3.95. The molecule has 0 aliphatic carbocycles. The van der Waals surface area contributed by atoms with E-state index in [1.807, 2.05) is 49.4 Å². The van der Waals surface area contributed by atoms with Gasteiger partial charge >= 0.3 is 0 Å². The fourth-order valence-corrected chi connectivity index (χ4v) is 3.34. The number of pyridine rings is 3. The van der Waals surface area contributed by atoms with Crippen molar-refractivity contribution in [1.29, 1.82) is 0 Å². The molecule has 9 nitrogen and oxygen atoms in total. The molecule has 174 valence electrons. The molecule has 0 bridgehead atoms. The third-order valence-corrected chi connectivity index (χ3v) is 5.08. The van der Waals surface area contributed by atoms with Crippen molar-refractivity contribution in [2.24, 2.45) is 0 Å². The van der Waals surface area contributed by atoms with E-state index in [0.29, 0.717) is 54.8 Å². The Morgan fingerprint density at radius 3 is 2.71 bits per heavy atom. The number of hydrogen-bond acceptors (Lipinski definition) is 7. The monoisotopic (exact) mass is 458 g/mol. The van der Waals surface area contributed by atoms with Gasteiger partial charge in [0.1, 0.15) is 11.4 Å². The van der Waals surface area contributed by atoms with Crippen molar-refractivity contribution in [2.75, 3.05) is 32.2 Å². The minimum Gasteiger partial charge on any atom is -0.382 e. The Kier molecular flexibility index (Phi) is 7.69. The van der Waals surface area contributed by atoms with Gasteiger partial charge in [0.05, 0.1) is 43.4 Å². The molecule has 0 aromatic carbocycles. The van der Waals surface area contributed by atoms with Crippen molar-refractivity contribution in [1.82, 2.24) is 24.7 Å². The van der Waals surface area contributed by atoms with Crippen LogP contribution in [-0.4, -0.2) is 57.6 Å². The van der Waals surface area contributed by atoms with E-state index in [-0.39, 0.29) is 5.91 Å². The number of aromatic nitrogens is 5. The summed E-state index contributed by atoms with van der Waals surface area (Å²) in [6.45, 7) is 3.88. The van der Waals surface area contributed by atoms with E-state index in [1.54, 1.807) is 36.6 Å². The van der Waals surface area contributed by atoms with E-state index in [0.717, 1.165) is 11.1 Å². The van der Waals surface area contributed by atoms with Gasteiger partial charge in [-0.3, -0.25) is 19.4 Å². The molecule has 0 saturated heterocycles. The largest absolute Gasteiger partial charge is 0.382 e. The van der Waals surface area contributed by atoms with Gasteiger partial charge in [0.2, 0.25) is 0 Å². The first-order valence-electron chi connectivity index (χ1n) is 10.9. The molecule has 0 radical (unpaired) electrons. The maximum atomic E-state index is 13.3. The summed E-state index contributed by atoms with van der Waals surface area (Å²) in [5.74, 6) is -0.323. The van der Waals surface area contributed by atoms with E-state index in [9.17, 15) is 4.79 Å². The molecule has 1 N–H and O–H groups in total. The maximum Gasteiger partial charge on any atom is 0.274 e. The predicted molar refractivity (Wildman–Crippen MR) is 128 cm³/mol. The number of nitrogens with zero attached hydrogens (tertiary/aromatic N) is 5. The molecular weight excluding hydrogens is 432 g/mol. The van der Waals surface area contributed by atoms with E-state index < -0.39 is 0 Å². The Morgan fingerprint density at radius 2 is 1.94 bits per heavy atom. The van der Waals surface area contributed by atoms with Gasteiger partial charge in [-0.15, -0.1) is 0 Å². The van der Waals surface area contributed by atoms with Gasteiger partial charge in [-0.05, 0) is 42.8 Å². The van der Waals surface area contributed by atoms with Gasteiger partial charge in [0.25, 0.3) is 5.91 Å². The molecule has 0 aliphatic heterocycles. The molecule has 1 amide bonds. The summed E-state index contributed by atoms with van der Waals surface area (Å²) >= 11 is 0. The average molecular weight is 459 g/mol. The van der Waals surface area contributed by atoms with Gasteiger partial charge < -0.3 is 14.8 Å². The summed E-state index contributed by atoms with van der Waals surface area (Å²) in [5, 5.41) is 7.61. The number of nitrogens with one attached hydrogen (secondary N) is 1. The van der Waals surface area contributed by atoms with Gasteiger partial charge in [0.15, 0.2) is 0 Å². The lowest BCUT2D eigenvalue weighted by atomic mass is 10.1. The van der Waals surface area contributed by atoms with Crippen molar-refractivity contribution in [3.05, 3.63) is 78.5 Å². The molecule has 0 fully saturated rings. The number of hydrogen-bond donors (Lipinski definition) is 1. The quantitative estimate of drug-likeness (QED) is 0.362. The molecule has 34 heavy (non-hydrogen) atoms. The van der Waals surface area contributed by atoms with Crippen LogP contribution < -0.4 is 5.32 Å². The van der Waals surface area contributed by atoms with E-state index in [2.05, 4.69) is 25.4 Å². The highest BCUT2D eigenvalue weighted by Gasteiger charge is 2.18. The minimum absolute atomic E-state index is 0.323. The Morgan fingerprint density at radius 1 is 1.03 bits per heavy atom. The summed E-state index contributed by atoms with van der Waals surface area (Å²) in [4.78, 5) is 26.4. The van der Waals surface area contributed by atoms with Crippen LogP contribution in [0.2, 0.25) is 0 Å². The topological polar surface area (TPSA) is 104 Å². The summed E-state index contributed by atoms with van der Waals surface area (Å²) < 4.78 is 12.3. The van der Waals surface area contributed by atoms with E-state index in [1.165, 1.54) is 0 Å². The second-order valence-corrected chi connectivity index (χ2v) is 7.53. The molecular formula is C25H26N6O3. The lowest BCUT2D eigenvalue weighted by molar-refractivity contribution is 0.0654. The zero-order valence-corrected chi connectivity index (χ0v) is 19.1. The molecule has 0 saturated carbocycles. The van der Waals surface area contributed by atoms with Gasteiger partial charge in [-0.2, -0.15) is 5.10 Å². The number of rotatable bonds is 10. The number of anilines is 1. The van der Waals surface area contributed by atoms with Crippen LogP contribution in [0.1, 0.15) is 16.1 Å². The molecule has 4 aromatic rings. The van der Waals surface area contributed by atoms with Gasteiger partial charge in [-0.1, -0.05) is 12.1 Å². The lowest BCUT2D eigenvalue weighted by Gasteiger charge is -2.09. The van der Waals surface area contributed by atoms with Crippen molar-refractivity contribution in [2.45, 2.75) is 13.5 Å². The smallest absolute Gasteiger partial charge is 0.274 e. The van der Waals surface area contributed by atoms with Crippen LogP contribution in [0.5, 0.6) is 0 Å². The van der Waals surface area contributed by atoms with E-state index >= 15 is 0 Å². The number of aryl methyl sites for hydroxylation is 1. The van der Waals surface area contributed by atoms with Gasteiger partial charge in [0, 0.05) is 37.5 Å². The van der Waals surface area contributed by atoms with Crippen LogP contribution in [0, 0.1) is 6.92 Å². The summed E-state index contributed by atoms with van der Waals surface area (Å²) in [7, 11) is 1.63. The van der Waals surface area contributed by atoms with Gasteiger partial charge in [-0.25, -0.2) is 4.98 Å². The zero-order chi connectivity index (χ0) is 23.8. The lowest BCUT2D eigenvalue weighted by Crippen LogP contribution is -2.16. The van der Waals surface area contributed by atoms with Crippen LogP contribution in [0.15, 0.2) is 67.3 Å². The van der Waals surface area contributed by atoms with Crippen molar-refractivity contribution < 1.29 is 14.3 Å². The van der Waals surface area contributed by atoms with Crippen LogP contribution in [0.3, 0.4) is 0 Å². The first kappa shape index (κ1) is 23.2. The number of amides is 1. The second kappa shape index (κ2) is 11.3. The zero-order valence-electron chi connectivity index (χ0n) is 19.1. The molecule has 9 heteroatoms.